The average molecular weight is 958 g/mol. The number of allylic oxidation sites excluding steroid dienone is 17. The Balaban J connectivity index is 4.35. The highest BCUT2D eigenvalue weighted by atomic mass is 16.6. The van der Waals surface area contributed by atoms with E-state index in [2.05, 4.69) is 118 Å². The van der Waals surface area contributed by atoms with Crippen molar-refractivity contribution in [3.8, 4) is 0 Å². The van der Waals surface area contributed by atoms with Gasteiger partial charge in [0.1, 0.15) is 13.2 Å². The first-order valence-electron chi connectivity index (χ1n) is 28.4. The lowest BCUT2D eigenvalue weighted by Crippen LogP contribution is -2.30. The molecule has 392 valence electrons. The van der Waals surface area contributed by atoms with Crippen LogP contribution >= 0.6 is 0 Å². The molecule has 0 bridgehead atoms. The van der Waals surface area contributed by atoms with E-state index < -0.39 is 12.1 Å². The summed E-state index contributed by atoms with van der Waals surface area (Å²) < 4.78 is 16.7. The number of hydrogen-bond acceptors (Lipinski definition) is 6. The summed E-state index contributed by atoms with van der Waals surface area (Å²) in [6.45, 7) is 6.32. The van der Waals surface area contributed by atoms with E-state index in [1.165, 1.54) is 116 Å². The molecule has 0 heterocycles. The van der Waals surface area contributed by atoms with Crippen molar-refractivity contribution in [1.29, 1.82) is 0 Å². The third-order valence-corrected chi connectivity index (χ3v) is 11.8. The minimum Gasteiger partial charge on any atom is -0.462 e. The highest BCUT2D eigenvalue weighted by molar-refractivity contribution is 5.72. The van der Waals surface area contributed by atoms with Crippen molar-refractivity contribution in [3.63, 3.8) is 0 Å². The van der Waals surface area contributed by atoms with E-state index in [0.29, 0.717) is 12.8 Å². The summed E-state index contributed by atoms with van der Waals surface area (Å²) in [6, 6.07) is 0. The van der Waals surface area contributed by atoms with Crippen molar-refractivity contribution in [2.24, 2.45) is 0 Å². The Morgan fingerprint density at radius 3 is 0.957 bits per heavy atom. The molecule has 0 aromatic rings. The zero-order valence-electron chi connectivity index (χ0n) is 44.8. The Morgan fingerprint density at radius 1 is 0.319 bits per heavy atom. The fraction of sp³-hybridized carbons (Fsp3) is 0.667. The Bertz CT molecular complexity index is 1420. The van der Waals surface area contributed by atoms with Gasteiger partial charge in [0.2, 0.25) is 0 Å². The van der Waals surface area contributed by atoms with Crippen LogP contribution in [0.4, 0.5) is 0 Å². The molecule has 0 aromatic heterocycles. The lowest BCUT2D eigenvalue weighted by molar-refractivity contribution is -0.166. The van der Waals surface area contributed by atoms with Crippen molar-refractivity contribution in [2.45, 2.75) is 258 Å². The molecule has 6 heteroatoms. The highest BCUT2D eigenvalue weighted by Crippen LogP contribution is 2.15. The van der Waals surface area contributed by atoms with Gasteiger partial charge in [-0.25, -0.2) is 0 Å². The van der Waals surface area contributed by atoms with Crippen LogP contribution in [0.1, 0.15) is 252 Å². The second kappa shape index (κ2) is 56.7. The van der Waals surface area contributed by atoms with Crippen LogP contribution in [0.5, 0.6) is 0 Å². The molecule has 0 fully saturated rings. The Labute approximate surface area is 425 Å². The van der Waals surface area contributed by atoms with E-state index in [0.717, 1.165) is 96.3 Å². The fourth-order valence-electron chi connectivity index (χ4n) is 7.63. The van der Waals surface area contributed by atoms with Crippen molar-refractivity contribution in [3.05, 3.63) is 109 Å². The minimum atomic E-state index is -0.832. The number of esters is 3. The molecule has 0 aliphatic rings. The van der Waals surface area contributed by atoms with Gasteiger partial charge in [0.25, 0.3) is 0 Å². The fourth-order valence-corrected chi connectivity index (χ4v) is 7.63. The number of hydrogen-bond donors (Lipinski definition) is 0. The zero-order valence-corrected chi connectivity index (χ0v) is 44.8. The molecule has 0 amide bonds. The lowest BCUT2D eigenvalue weighted by Gasteiger charge is -2.18. The van der Waals surface area contributed by atoms with E-state index in [9.17, 15) is 14.4 Å². The molecule has 0 saturated carbocycles. The second-order valence-electron chi connectivity index (χ2n) is 18.5. The first-order valence-corrected chi connectivity index (χ1v) is 28.4. The van der Waals surface area contributed by atoms with Gasteiger partial charge in [0.05, 0.1) is 6.42 Å². The molecule has 69 heavy (non-hydrogen) atoms. The molecule has 1 atom stereocenters. The standard InChI is InChI=1S/C63H104O6/c1-4-7-10-13-16-19-22-24-26-27-28-29-30-31-32-33-34-35-37-38-41-44-47-50-53-56-62(65)68-59-60(58-67-61(64)55-52-49-46-43-40-21-18-15-12-9-6-3)69-63(66)57-54-51-48-45-42-39-36-25-23-20-17-14-11-8-5-2/h7-8,10-11,16-17,19-20,24-26,28-29,36,42,45,51,54,60H,4-6,9,12-15,18,21-23,27,30-35,37-41,43-44,46-50,52-53,55-59H2,1-3H3/b10-7-,11-8-,19-16-,20-17-,26-24-,29-28-,36-25-,45-42-,54-51-. The van der Waals surface area contributed by atoms with E-state index in [-0.39, 0.29) is 31.6 Å². The molecular weight excluding hydrogens is 853 g/mol. The number of carbonyl (C=O) groups is 3. The average Bonchev–Trinajstić information content (AvgIpc) is 3.35. The maximum absolute atomic E-state index is 12.8. The summed E-state index contributed by atoms with van der Waals surface area (Å²) >= 11 is 0. The highest BCUT2D eigenvalue weighted by Gasteiger charge is 2.19. The van der Waals surface area contributed by atoms with Crippen LogP contribution < -0.4 is 0 Å². The quantitative estimate of drug-likeness (QED) is 0.0262. The molecule has 0 N–H and O–H groups in total. The topological polar surface area (TPSA) is 78.9 Å². The van der Waals surface area contributed by atoms with Gasteiger partial charge >= 0.3 is 17.9 Å². The molecule has 0 aliphatic heterocycles. The van der Waals surface area contributed by atoms with Crippen LogP contribution in [0.2, 0.25) is 0 Å². The summed E-state index contributed by atoms with van der Waals surface area (Å²) in [5.74, 6) is -1.05. The van der Waals surface area contributed by atoms with Crippen molar-refractivity contribution < 1.29 is 28.6 Å². The monoisotopic (exact) mass is 957 g/mol. The van der Waals surface area contributed by atoms with Crippen molar-refractivity contribution in [1.82, 2.24) is 0 Å². The van der Waals surface area contributed by atoms with Gasteiger partial charge in [-0.1, -0.05) is 259 Å². The Hall–Kier alpha value is -3.93. The van der Waals surface area contributed by atoms with Crippen molar-refractivity contribution in [2.75, 3.05) is 13.2 Å². The SMILES string of the molecule is CC/C=C\C/C=C\C/C=C\C/C=C\C/C=C\CC(=O)OC(COC(=O)CCCCCCCCCCCCC)COC(=O)CCCCCCCCCCCCCC/C=C\C/C=C\C/C=C\C/C=C\CC. The summed E-state index contributed by atoms with van der Waals surface area (Å²) in [4.78, 5) is 38.0. The van der Waals surface area contributed by atoms with Gasteiger partial charge in [-0.15, -0.1) is 0 Å². The number of unbranched alkanes of at least 4 members (excludes halogenated alkanes) is 22. The van der Waals surface area contributed by atoms with Crippen molar-refractivity contribution >= 4 is 17.9 Å². The zero-order chi connectivity index (χ0) is 50.0. The molecule has 0 radical (unpaired) electrons. The van der Waals surface area contributed by atoms with Crippen LogP contribution in [0.25, 0.3) is 0 Å². The van der Waals surface area contributed by atoms with E-state index in [1.54, 1.807) is 6.08 Å². The van der Waals surface area contributed by atoms with Crippen LogP contribution in [0.3, 0.4) is 0 Å². The van der Waals surface area contributed by atoms with Gasteiger partial charge in [-0.05, 0) is 83.5 Å². The number of rotatable bonds is 50. The predicted molar refractivity (Wildman–Crippen MR) is 297 cm³/mol. The smallest absolute Gasteiger partial charge is 0.310 e. The molecule has 1 unspecified atom stereocenters. The van der Waals surface area contributed by atoms with Gasteiger partial charge in [-0.3, -0.25) is 14.4 Å². The molecule has 0 aromatic carbocycles. The van der Waals surface area contributed by atoms with E-state index >= 15 is 0 Å². The molecule has 0 spiro atoms. The molecule has 0 aliphatic carbocycles. The normalized spacial score (nSPS) is 12.9. The molecule has 0 rings (SSSR count). The molecular formula is C63H104O6. The summed E-state index contributed by atoms with van der Waals surface area (Å²) in [5, 5.41) is 0. The molecule has 0 saturated heterocycles. The van der Waals surface area contributed by atoms with Gasteiger partial charge in [0, 0.05) is 12.8 Å². The van der Waals surface area contributed by atoms with E-state index in [4.69, 9.17) is 14.2 Å². The number of carbonyl (C=O) groups excluding carboxylic acids is 3. The molecule has 6 nitrogen and oxygen atoms in total. The maximum atomic E-state index is 12.8. The van der Waals surface area contributed by atoms with Crippen LogP contribution in [0.15, 0.2) is 109 Å². The van der Waals surface area contributed by atoms with Gasteiger partial charge in [0.15, 0.2) is 6.10 Å². The third kappa shape index (κ3) is 54.9. The Morgan fingerprint density at radius 2 is 0.609 bits per heavy atom. The second-order valence-corrected chi connectivity index (χ2v) is 18.5. The van der Waals surface area contributed by atoms with Gasteiger partial charge in [-0.2, -0.15) is 0 Å². The number of ether oxygens (including phenoxy) is 3. The van der Waals surface area contributed by atoms with E-state index in [1.807, 2.05) is 6.08 Å². The summed E-state index contributed by atoms with van der Waals surface area (Å²) in [7, 11) is 0. The summed E-state index contributed by atoms with van der Waals surface area (Å²) in [6.07, 6.45) is 76.8. The minimum absolute atomic E-state index is 0.0956. The first kappa shape index (κ1) is 65.1. The Kier molecular flexibility index (Phi) is 53.4. The largest absolute Gasteiger partial charge is 0.462 e. The van der Waals surface area contributed by atoms with Crippen LogP contribution in [-0.2, 0) is 28.6 Å². The van der Waals surface area contributed by atoms with Crippen LogP contribution in [0, 0.1) is 0 Å². The van der Waals surface area contributed by atoms with Gasteiger partial charge < -0.3 is 14.2 Å². The third-order valence-electron chi connectivity index (χ3n) is 11.8. The van der Waals surface area contributed by atoms with Crippen LogP contribution in [-0.4, -0.2) is 37.2 Å². The summed E-state index contributed by atoms with van der Waals surface area (Å²) in [5.41, 5.74) is 0. The first-order chi connectivity index (χ1) is 34.0. The lowest BCUT2D eigenvalue weighted by atomic mass is 10.0. The maximum Gasteiger partial charge on any atom is 0.310 e. The predicted octanol–water partition coefficient (Wildman–Crippen LogP) is 19.1.